The Kier molecular flexibility index (Phi) is 2.75. The van der Waals surface area contributed by atoms with Crippen LogP contribution in [-0.4, -0.2) is 15.6 Å². The van der Waals surface area contributed by atoms with Crippen LogP contribution in [0.15, 0.2) is 6.20 Å². The van der Waals surface area contributed by atoms with Gasteiger partial charge in [-0.25, -0.2) is 0 Å². The zero-order chi connectivity index (χ0) is 10.8. The summed E-state index contributed by atoms with van der Waals surface area (Å²) in [6.07, 6.45) is 7.11. The number of rotatable bonds is 3. The SMILES string of the molecule is Cn1ncc(C(=O)CC2CCCC2)c1N. The first-order valence-corrected chi connectivity index (χ1v) is 5.49. The van der Waals surface area contributed by atoms with E-state index < -0.39 is 0 Å². The van der Waals surface area contributed by atoms with Gasteiger partial charge in [0.2, 0.25) is 0 Å². The average Bonchev–Trinajstić information content (AvgIpc) is 2.79. The highest BCUT2D eigenvalue weighted by Gasteiger charge is 2.21. The molecular weight excluding hydrogens is 190 g/mol. The van der Waals surface area contributed by atoms with Gasteiger partial charge in [0.15, 0.2) is 5.78 Å². The van der Waals surface area contributed by atoms with Crippen molar-refractivity contribution in [2.75, 3.05) is 5.73 Å². The van der Waals surface area contributed by atoms with Gasteiger partial charge in [0.05, 0.1) is 11.8 Å². The summed E-state index contributed by atoms with van der Waals surface area (Å²) in [5.41, 5.74) is 6.34. The molecule has 0 bridgehead atoms. The van der Waals surface area contributed by atoms with Gasteiger partial charge in [0.25, 0.3) is 0 Å². The van der Waals surface area contributed by atoms with E-state index in [1.807, 2.05) is 0 Å². The summed E-state index contributed by atoms with van der Waals surface area (Å²) >= 11 is 0. The molecule has 2 rings (SSSR count). The number of carbonyl (C=O) groups excluding carboxylic acids is 1. The Morgan fingerprint density at radius 3 is 2.80 bits per heavy atom. The molecule has 1 aromatic heterocycles. The van der Waals surface area contributed by atoms with Gasteiger partial charge in [0.1, 0.15) is 5.82 Å². The maximum Gasteiger partial charge on any atom is 0.168 e. The molecule has 1 aromatic rings. The standard InChI is InChI=1S/C11H17N3O/c1-14-11(12)9(7-13-14)10(15)6-8-4-2-3-5-8/h7-8H,2-6,12H2,1H3. The number of ketones is 1. The normalized spacial score (nSPS) is 17.1. The molecule has 0 unspecified atom stereocenters. The van der Waals surface area contributed by atoms with Crippen LogP contribution in [0.1, 0.15) is 42.5 Å². The minimum Gasteiger partial charge on any atom is -0.383 e. The lowest BCUT2D eigenvalue weighted by atomic mass is 9.98. The summed E-state index contributed by atoms with van der Waals surface area (Å²) in [7, 11) is 1.75. The Hall–Kier alpha value is -1.32. The number of nitrogens with two attached hydrogens (primary N) is 1. The van der Waals surface area contributed by atoms with Crippen LogP contribution < -0.4 is 5.73 Å². The minimum absolute atomic E-state index is 0.146. The van der Waals surface area contributed by atoms with Crippen LogP contribution in [0.3, 0.4) is 0 Å². The lowest BCUT2D eigenvalue weighted by Gasteiger charge is -2.06. The molecular formula is C11H17N3O. The van der Waals surface area contributed by atoms with Crippen molar-refractivity contribution in [3.63, 3.8) is 0 Å². The van der Waals surface area contributed by atoms with Gasteiger partial charge >= 0.3 is 0 Å². The van der Waals surface area contributed by atoms with Crippen molar-refractivity contribution in [1.29, 1.82) is 0 Å². The third-order valence-corrected chi connectivity index (χ3v) is 3.23. The molecule has 4 heteroatoms. The van der Waals surface area contributed by atoms with Crippen molar-refractivity contribution in [3.05, 3.63) is 11.8 Å². The molecule has 0 saturated heterocycles. The Labute approximate surface area is 89.5 Å². The second-order valence-corrected chi connectivity index (χ2v) is 4.34. The van der Waals surface area contributed by atoms with E-state index in [0.29, 0.717) is 23.7 Å². The smallest absolute Gasteiger partial charge is 0.168 e. The molecule has 15 heavy (non-hydrogen) atoms. The molecule has 4 nitrogen and oxygen atoms in total. The third-order valence-electron chi connectivity index (χ3n) is 3.23. The molecule has 1 saturated carbocycles. The van der Waals surface area contributed by atoms with Crippen molar-refractivity contribution in [1.82, 2.24) is 9.78 Å². The van der Waals surface area contributed by atoms with E-state index in [2.05, 4.69) is 5.10 Å². The number of nitrogen functional groups attached to an aromatic ring is 1. The molecule has 2 N–H and O–H groups in total. The molecule has 1 aliphatic rings. The van der Waals surface area contributed by atoms with Gasteiger partial charge in [-0.15, -0.1) is 0 Å². The summed E-state index contributed by atoms with van der Waals surface area (Å²) in [6.45, 7) is 0. The molecule has 0 aliphatic heterocycles. The van der Waals surface area contributed by atoms with E-state index >= 15 is 0 Å². The maximum absolute atomic E-state index is 11.9. The maximum atomic E-state index is 11.9. The Balaban J connectivity index is 2.04. The molecule has 1 heterocycles. The minimum atomic E-state index is 0.146. The summed E-state index contributed by atoms with van der Waals surface area (Å²) in [5.74, 6) is 1.20. The van der Waals surface area contributed by atoms with Crippen molar-refractivity contribution in [3.8, 4) is 0 Å². The Morgan fingerprint density at radius 2 is 2.27 bits per heavy atom. The number of hydrogen-bond donors (Lipinski definition) is 1. The molecule has 0 radical (unpaired) electrons. The second-order valence-electron chi connectivity index (χ2n) is 4.34. The van der Waals surface area contributed by atoms with Crippen LogP contribution in [0.4, 0.5) is 5.82 Å². The van der Waals surface area contributed by atoms with Crippen LogP contribution in [0.25, 0.3) is 0 Å². The van der Waals surface area contributed by atoms with Crippen LogP contribution in [-0.2, 0) is 7.05 Å². The largest absolute Gasteiger partial charge is 0.383 e. The van der Waals surface area contributed by atoms with Crippen LogP contribution in [0.2, 0.25) is 0 Å². The topological polar surface area (TPSA) is 60.9 Å². The van der Waals surface area contributed by atoms with Crippen LogP contribution in [0.5, 0.6) is 0 Å². The van der Waals surface area contributed by atoms with E-state index in [-0.39, 0.29) is 5.78 Å². The quantitative estimate of drug-likeness (QED) is 0.768. The molecule has 0 aromatic carbocycles. The van der Waals surface area contributed by atoms with Crippen molar-refractivity contribution in [2.24, 2.45) is 13.0 Å². The number of aryl methyl sites for hydroxylation is 1. The predicted octanol–water partition coefficient (Wildman–Crippen LogP) is 1.77. The van der Waals surface area contributed by atoms with Gasteiger partial charge in [-0.1, -0.05) is 25.7 Å². The van der Waals surface area contributed by atoms with E-state index in [4.69, 9.17) is 5.73 Å². The fraction of sp³-hybridized carbons (Fsp3) is 0.636. The molecule has 0 amide bonds. The highest BCUT2D eigenvalue weighted by molar-refractivity contribution is 6.00. The lowest BCUT2D eigenvalue weighted by Crippen LogP contribution is -2.08. The molecule has 0 atom stereocenters. The van der Waals surface area contributed by atoms with Gasteiger partial charge in [0, 0.05) is 13.5 Å². The summed E-state index contributed by atoms with van der Waals surface area (Å²) < 4.78 is 1.54. The molecule has 0 spiro atoms. The first-order chi connectivity index (χ1) is 7.18. The van der Waals surface area contributed by atoms with Gasteiger partial charge in [-0.05, 0) is 5.92 Å². The highest BCUT2D eigenvalue weighted by atomic mass is 16.1. The first kappa shape index (κ1) is 10.2. The van der Waals surface area contributed by atoms with E-state index in [0.717, 1.165) is 0 Å². The average molecular weight is 207 g/mol. The number of nitrogens with zero attached hydrogens (tertiary/aromatic N) is 2. The fourth-order valence-electron chi connectivity index (χ4n) is 2.25. The third kappa shape index (κ3) is 2.03. The molecule has 1 fully saturated rings. The lowest BCUT2D eigenvalue weighted by molar-refractivity contribution is 0.0963. The van der Waals surface area contributed by atoms with E-state index in [1.54, 1.807) is 17.9 Å². The van der Waals surface area contributed by atoms with E-state index in [9.17, 15) is 4.79 Å². The molecule has 82 valence electrons. The first-order valence-electron chi connectivity index (χ1n) is 5.49. The number of Topliss-reactive ketones (excluding diaryl/α,β-unsaturated/α-hetero) is 1. The zero-order valence-electron chi connectivity index (χ0n) is 9.07. The second kappa shape index (κ2) is 4.04. The van der Waals surface area contributed by atoms with Crippen LogP contribution in [0, 0.1) is 5.92 Å². The van der Waals surface area contributed by atoms with Crippen LogP contribution >= 0.6 is 0 Å². The Bertz CT molecular complexity index is 364. The number of carbonyl (C=O) groups is 1. The van der Waals surface area contributed by atoms with Gasteiger partial charge in [-0.3, -0.25) is 9.48 Å². The van der Waals surface area contributed by atoms with Gasteiger partial charge in [-0.2, -0.15) is 5.10 Å². The summed E-state index contributed by atoms with van der Waals surface area (Å²) in [6, 6.07) is 0. The summed E-state index contributed by atoms with van der Waals surface area (Å²) in [5, 5.41) is 3.98. The van der Waals surface area contributed by atoms with Gasteiger partial charge < -0.3 is 5.73 Å². The van der Waals surface area contributed by atoms with Crippen molar-refractivity contribution >= 4 is 11.6 Å². The predicted molar refractivity (Wildman–Crippen MR) is 58.5 cm³/mol. The molecule has 1 aliphatic carbocycles. The number of hydrogen-bond acceptors (Lipinski definition) is 3. The number of anilines is 1. The monoisotopic (exact) mass is 207 g/mol. The van der Waals surface area contributed by atoms with Crippen molar-refractivity contribution < 1.29 is 4.79 Å². The highest BCUT2D eigenvalue weighted by Crippen LogP contribution is 2.29. The van der Waals surface area contributed by atoms with Crippen molar-refractivity contribution in [2.45, 2.75) is 32.1 Å². The number of aromatic nitrogens is 2. The van der Waals surface area contributed by atoms with E-state index in [1.165, 1.54) is 25.7 Å². The summed E-state index contributed by atoms with van der Waals surface area (Å²) in [4.78, 5) is 11.9. The zero-order valence-corrected chi connectivity index (χ0v) is 9.07. The Morgan fingerprint density at radius 1 is 1.60 bits per heavy atom. The fourth-order valence-corrected chi connectivity index (χ4v) is 2.25.